The highest BCUT2D eigenvalue weighted by atomic mass is 32.2. The van der Waals surface area contributed by atoms with Crippen molar-refractivity contribution in [3.05, 3.63) is 83.0 Å². The van der Waals surface area contributed by atoms with Crippen LogP contribution in [0.5, 0.6) is 5.75 Å². The molecule has 0 saturated carbocycles. The summed E-state index contributed by atoms with van der Waals surface area (Å²) in [7, 11) is 0. The van der Waals surface area contributed by atoms with E-state index in [0.717, 1.165) is 23.4 Å². The van der Waals surface area contributed by atoms with Crippen LogP contribution in [0.1, 0.15) is 30.0 Å². The summed E-state index contributed by atoms with van der Waals surface area (Å²) >= 11 is 2.56. The first-order valence-corrected chi connectivity index (χ1v) is 13.2. The van der Waals surface area contributed by atoms with Crippen LogP contribution in [0, 0.1) is 25.5 Å². The van der Waals surface area contributed by atoms with Gasteiger partial charge in [-0.25, -0.2) is 13.8 Å². The van der Waals surface area contributed by atoms with Gasteiger partial charge in [-0.05, 0) is 50.1 Å². The molecule has 0 aliphatic rings. The molecule has 2 heterocycles. The van der Waals surface area contributed by atoms with Crippen molar-refractivity contribution in [2.24, 2.45) is 0 Å². The number of allylic oxidation sites excluding steroid dienone is 1. The first kappa shape index (κ1) is 26.5. The second kappa shape index (κ2) is 11.7. The fourth-order valence-corrected chi connectivity index (χ4v) is 4.96. The minimum Gasteiger partial charge on any atom is -0.480 e. The summed E-state index contributed by atoms with van der Waals surface area (Å²) in [5, 5.41) is 14.1. The highest BCUT2D eigenvalue weighted by molar-refractivity contribution is 7.99. The van der Waals surface area contributed by atoms with Crippen molar-refractivity contribution in [1.82, 2.24) is 19.7 Å². The molecule has 4 rings (SSSR count). The Morgan fingerprint density at radius 1 is 1.22 bits per heavy atom. The number of carbonyl (C=O) groups is 1. The first-order chi connectivity index (χ1) is 17.7. The third-order valence-corrected chi connectivity index (χ3v) is 7.23. The quantitative estimate of drug-likeness (QED) is 0.186. The van der Waals surface area contributed by atoms with Crippen molar-refractivity contribution in [3.8, 4) is 17.0 Å². The Morgan fingerprint density at radius 3 is 2.76 bits per heavy atom. The molecule has 1 unspecified atom stereocenters. The molecule has 0 fully saturated rings. The summed E-state index contributed by atoms with van der Waals surface area (Å²) in [6, 6.07) is 9.23. The number of hydrogen-bond acceptors (Lipinski definition) is 7. The topological polar surface area (TPSA) is 81.9 Å². The molecule has 0 bridgehead atoms. The Morgan fingerprint density at radius 2 is 2.03 bits per heavy atom. The van der Waals surface area contributed by atoms with Crippen LogP contribution in [0.25, 0.3) is 11.3 Å². The summed E-state index contributed by atoms with van der Waals surface area (Å²) < 4.78 is 34.6. The van der Waals surface area contributed by atoms with Crippen molar-refractivity contribution < 1.29 is 18.3 Å². The molecule has 192 valence electrons. The minimum absolute atomic E-state index is 0.0790. The molecule has 2 aromatic carbocycles. The van der Waals surface area contributed by atoms with Crippen LogP contribution in [0.4, 0.5) is 13.9 Å². The molecule has 1 N–H and O–H groups in total. The van der Waals surface area contributed by atoms with Gasteiger partial charge in [0, 0.05) is 23.6 Å². The molecule has 0 saturated heterocycles. The maximum absolute atomic E-state index is 14.0. The molecule has 2 aromatic heterocycles. The number of thioether (sulfide) groups is 1. The van der Waals surface area contributed by atoms with E-state index in [1.165, 1.54) is 40.3 Å². The molecule has 0 radical (unpaired) electrons. The van der Waals surface area contributed by atoms with Crippen LogP contribution in [-0.4, -0.2) is 31.4 Å². The number of anilines is 1. The fourth-order valence-electron chi connectivity index (χ4n) is 3.47. The molecule has 7 nitrogen and oxygen atoms in total. The SMILES string of the molecule is C=CCn1c(SCC(=O)Nc2nc(-c3ccc(C)c(C)c3)cs2)nnc1C(C)Oc1ccc(F)cc1F. The van der Waals surface area contributed by atoms with E-state index >= 15 is 0 Å². The number of aryl methyl sites for hydroxylation is 2. The minimum atomic E-state index is -0.809. The summed E-state index contributed by atoms with van der Waals surface area (Å²) in [6.45, 7) is 9.91. The number of nitrogens with one attached hydrogen (secondary N) is 1. The summed E-state index contributed by atoms with van der Waals surface area (Å²) in [4.78, 5) is 17.1. The molecule has 1 atom stereocenters. The lowest BCUT2D eigenvalue weighted by Gasteiger charge is -2.16. The van der Waals surface area contributed by atoms with Gasteiger partial charge in [-0.15, -0.1) is 28.1 Å². The van der Waals surface area contributed by atoms with E-state index in [4.69, 9.17) is 4.74 Å². The monoisotopic (exact) mass is 541 g/mol. The molecular weight excluding hydrogens is 516 g/mol. The Kier molecular flexibility index (Phi) is 8.34. The van der Waals surface area contributed by atoms with E-state index in [-0.39, 0.29) is 17.4 Å². The largest absolute Gasteiger partial charge is 0.480 e. The molecule has 0 aliphatic heterocycles. The van der Waals surface area contributed by atoms with E-state index < -0.39 is 17.7 Å². The van der Waals surface area contributed by atoms with Gasteiger partial charge in [0.2, 0.25) is 5.91 Å². The van der Waals surface area contributed by atoms with E-state index in [9.17, 15) is 13.6 Å². The van der Waals surface area contributed by atoms with Crippen molar-refractivity contribution in [1.29, 1.82) is 0 Å². The number of amides is 1. The lowest BCUT2D eigenvalue weighted by atomic mass is 10.1. The van der Waals surface area contributed by atoms with Gasteiger partial charge in [-0.3, -0.25) is 9.36 Å². The van der Waals surface area contributed by atoms with Gasteiger partial charge in [0.1, 0.15) is 5.82 Å². The maximum Gasteiger partial charge on any atom is 0.236 e. The second-order valence-corrected chi connectivity index (χ2v) is 10.0. The van der Waals surface area contributed by atoms with Crippen LogP contribution in [0.15, 0.2) is 59.6 Å². The zero-order valence-electron chi connectivity index (χ0n) is 20.5. The van der Waals surface area contributed by atoms with Crippen LogP contribution < -0.4 is 10.1 Å². The first-order valence-electron chi connectivity index (χ1n) is 11.4. The number of nitrogens with zero attached hydrogens (tertiary/aromatic N) is 4. The Bertz CT molecular complexity index is 1440. The number of thiazole rings is 1. The van der Waals surface area contributed by atoms with Crippen LogP contribution in [0.2, 0.25) is 0 Å². The molecule has 37 heavy (non-hydrogen) atoms. The summed E-state index contributed by atoms with van der Waals surface area (Å²) in [5.41, 5.74) is 4.19. The van der Waals surface area contributed by atoms with E-state index in [1.807, 2.05) is 11.4 Å². The fraction of sp³-hybridized carbons (Fsp3) is 0.231. The van der Waals surface area contributed by atoms with E-state index in [0.29, 0.717) is 22.7 Å². The van der Waals surface area contributed by atoms with Gasteiger partial charge < -0.3 is 10.1 Å². The van der Waals surface area contributed by atoms with Gasteiger partial charge in [-0.2, -0.15) is 0 Å². The average Bonchev–Trinajstić information content (AvgIpc) is 3.49. The highest BCUT2D eigenvalue weighted by Gasteiger charge is 2.21. The molecular formula is C26H25F2N5O2S2. The van der Waals surface area contributed by atoms with Crippen LogP contribution in [0.3, 0.4) is 0 Å². The smallest absolute Gasteiger partial charge is 0.236 e. The van der Waals surface area contributed by atoms with E-state index in [1.54, 1.807) is 17.6 Å². The number of hydrogen-bond donors (Lipinski definition) is 1. The number of carbonyl (C=O) groups excluding carboxylic acids is 1. The summed E-state index contributed by atoms with van der Waals surface area (Å²) in [6.07, 6.45) is 0.973. The number of aromatic nitrogens is 4. The molecule has 1 amide bonds. The van der Waals surface area contributed by atoms with Gasteiger partial charge in [0.15, 0.2) is 33.8 Å². The number of rotatable bonds is 10. The van der Waals surface area contributed by atoms with Crippen LogP contribution >= 0.6 is 23.1 Å². The second-order valence-electron chi connectivity index (χ2n) is 8.25. The molecule has 4 aromatic rings. The van der Waals surface area contributed by atoms with Crippen molar-refractivity contribution >= 4 is 34.1 Å². The maximum atomic E-state index is 14.0. The van der Waals surface area contributed by atoms with Crippen molar-refractivity contribution in [2.45, 2.75) is 38.6 Å². The van der Waals surface area contributed by atoms with Gasteiger partial charge >= 0.3 is 0 Å². The standard InChI is InChI=1S/C26H25F2N5O2S2/c1-5-10-33-24(17(4)35-22-9-8-19(27)12-20(22)28)31-32-26(33)37-14-23(34)30-25-29-21(13-36-25)18-7-6-15(2)16(3)11-18/h5-9,11-13,17H,1,10,14H2,2-4H3,(H,29,30,34). The zero-order valence-corrected chi connectivity index (χ0v) is 22.1. The zero-order chi connectivity index (χ0) is 26.5. The highest BCUT2D eigenvalue weighted by Crippen LogP contribution is 2.28. The van der Waals surface area contributed by atoms with Crippen LogP contribution in [-0.2, 0) is 11.3 Å². The molecule has 0 spiro atoms. The predicted molar refractivity (Wildman–Crippen MR) is 142 cm³/mol. The Balaban J connectivity index is 1.40. The number of halogens is 2. The van der Waals surface area contributed by atoms with E-state index in [2.05, 4.69) is 53.1 Å². The predicted octanol–water partition coefficient (Wildman–Crippen LogP) is 6.35. The van der Waals surface area contributed by atoms with Gasteiger partial charge in [-0.1, -0.05) is 30.0 Å². The number of benzene rings is 2. The molecule has 11 heteroatoms. The summed E-state index contributed by atoms with van der Waals surface area (Å²) in [5.74, 6) is -1.34. The van der Waals surface area contributed by atoms with Gasteiger partial charge in [0.05, 0.1) is 11.4 Å². The third kappa shape index (κ3) is 6.41. The third-order valence-electron chi connectivity index (χ3n) is 5.50. The average molecular weight is 542 g/mol. The van der Waals surface area contributed by atoms with Crippen molar-refractivity contribution in [2.75, 3.05) is 11.1 Å². The number of ether oxygens (including phenoxy) is 1. The normalized spacial score (nSPS) is 11.8. The Hall–Kier alpha value is -3.57. The lowest BCUT2D eigenvalue weighted by Crippen LogP contribution is -2.15. The van der Waals surface area contributed by atoms with Gasteiger partial charge in [0.25, 0.3) is 0 Å². The van der Waals surface area contributed by atoms with Crippen molar-refractivity contribution in [3.63, 3.8) is 0 Å². The molecule has 0 aliphatic carbocycles. The Labute approximate surface area is 221 Å². The lowest BCUT2D eigenvalue weighted by molar-refractivity contribution is -0.113.